The van der Waals surface area contributed by atoms with Gasteiger partial charge in [0.05, 0.1) is 5.39 Å². The first-order valence-electron chi connectivity index (χ1n) is 8.12. The Morgan fingerprint density at radius 3 is 2.92 bits per heavy atom. The van der Waals surface area contributed by atoms with E-state index in [0.29, 0.717) is 24.0 Å². The van der Waals surface area contributed by atoms with Crippen molar-refractivity contribution in [2.75, 3.05) is 19.7 Å². The van der Waals surface area contributed by atoms with Gasteiger partial charge in [-0.05, 0) is 37.0 Å². The standard InChI is InChI=1S/C18H18ClNO5/c1-11-3-2-6-20(9-11)17(22)10-24-18(23)16-8-14(21)13-7-12(19)4-5-15(13)25-16/h4-5,7-8,11H,2-3,6,9-10H2,1H3/t11-/m0/s1. The van der Waals surface area contributed by atoms with E-state index in [1.54, 1.807) is 11.0 Å². The Morgan fingerprint density at radius 2 is 2.16 bits per heavy atom. The lowest BCUT2D eigenvalue weighted by Crippen LogP contribution is -2.41. The minimum atomic E-state index is -0.840. The second kappa shape index (κ2) is 7.27. The lowest BCUT2D eigenvalue weighted by Gasteiger charge is -2.30. The van der Waals surface area contributed by atoms with Crippen molar-refractivity contribution in [3.8, 4) is 0 Å². The zero-order valence-corrected chi connectivity index (χ0v) is 14.5. The molecule has 1 aliphatic heterocycles. The molecule has 7 heteroatoms. The molecule has 1 fully saturated rings. The summed E-state index contributed by atoms with van der Waals surface area (Å²) in [4.78, 5) is 38.0. The highest BCUT2D eigenvalue weighted by molar-refractivity contribution is 6.31. The van der Waals surface area contributed by atoms with E-state index in [1.807, 2.05) is 0 Å². The van der Waals surface area contributed by atoms with Crippen molar-refractivity contribution >= 4 is 34.4 Å². The van der Waals surface area contributed by atoms with Gasteiger partial charge in [-0.25, -0.2) is 4.79 Å². The van der Waals surface area contributed by atoms with E-state index in [1.165, 1.54) is 12.1 Å². The predicted octanol–water partition coefficient (Wildman–Crippen LogP) is 2.86. The third-order valence-electron chi connectivity index (χ3n) is 4.23. The number of piperidine rings is 1. The molecule has 3 rings (SSSR count). The van der Waals surface area contributed by atoms with Gasteiger partial charge in [-0.2, -0.15) is 0 Å². The van der Waals surface area contributed by atoms with Crippen LogP contribution in [0.15, 0.2) is 33.5 Å². The van der Waals surface area contributed by atoms with Crippen LogP contribution in [0.5, 0.6) is 0 Å². The first-order chi connectivity index (χ1) is 11.9. The fraction of sp³-hybridized carbons (Fsp3) is 0.389. The summed E-state index contributed by atoms with van der Waals surface area (Å²) in [6, 6.07) is 5.59. The average Bonchev–Trinajstić information content (AvgIpc) is 2.59. The van der Waals surface area contributed by atoms with Gasteiger partial charge in [0.2, 0.25) is 5.76 Å². The molecule has 0 bridgehead atoms. The maximum Gasteiger partial charge on any atom is 0.374 e. The second-order valence-electron chi connectivity index (χ2n) is 6.28. The summed E-state index contributed by atoms with van der Waals surface area (Å²) >= 11 is 5.85. The molecule has 2 heterocycles. The van der Waals surface area contributed by atoms with Crippen LogP contribution in [0.2, 0.25) is 5.02 Å². The molecular weight excluding hydrogens is 346 g/mol. The van der Waals surface area contributed by atoms with Gasteiger partial charge in [-0.1, -0.05) is 18.5 Å². The number of carbonyl (C=O) groups excluding carboxylic acids is 2. The fourth-order valence-corrected chi connectivity index (χ4v) is 3.11. The number of nitrogens with zero attached hydrogens (tertiary/aromatic N) is 1. The third kappa shape index (κ3) is 4.02. The molecule has 1 saturated heterocycles. The van der Waals surface area contributed by atoms with Gasteiger partial charge in [-0.15, -0.1) is 0 Å². The number of amides is 1. The number of benzene rings is 1. The van der Waals surface area contributed by atoms with Crippen LogP contribution in [0.1, 0.15) is 30.3 Å². The summed E-state index contributed by atoms with van der Waals surface area (Å²) in [6.07, 6.45) is 2.04. The molecule has 0 unspecified atom stereocenters. The van der Waals surface area contributed by atoms with Gasteiger partial charge in [0.25, 0.3) is 5.91 Å². The van der Waals surface area contributed by atoms with Crippen molar-refractivity contribution in [3.05, 3.63) is 45.3 Å². The van der Waals surface area contributed by atoms with E-state index in [2.05, 4.69) is 6.92 Å². The van der Waals surface area contributed by atoms with Crippen molar-refractivity contribution in [2.45, 2.75) is 19.8 Å². The Labute approximate surface area is 149 Å². The van der Waals surface area contributed by atoms with Crippen LogP contribution in [-0.2, 0) is 9.53 Å². The molecule has 0 saturated carbocycles. The molecule has 0 N–H and O–H groups in total. The molecule has 1 atom stereocenters. The zero-order valence-electron chi connectivity index (χ0n) is 13.8. The molecule has 1 aliphatic rings. The van der Waals surface area contributed by atoms with Crippen molar-refractivity contribution in [1.29, 1.82) is 0 Å². The highest BCUT2D eigenvalue weighted by Gasteiger charge is 2.23. The fourth-order valence-electron chi connectivity index (χ4n) is 2.93. The van der Waals surface area contributed by atoms with Crippen LogP contribution in [0.4, 0.5) is 0 Å². The van der Waals surface area contributed by atoms with E-state index in [0.717, 1.165) is 18.9 Å². The number of fused-ring (bicyclic) bond motifs is 1. The van der Waals surface area contributed by atoms with Crippen LogP contribution in [-0.4, -0.2) is 36.5 Å². The molecule has 0 spiro atoms. The SMILES string of the molecule is C[C@H]1CCCN(C(=O)COC(=O)c2cc(=O)c3cc(Cl)ccc3o2)C1. The van der Waals surface area contributed by atoms with Crippen molar-refractivity contribution in [2.24, 2.45) is 5.92 Å². The third-order valence-corrected chi connectivity index (χ3v) is 4.46. The molecule has 132 valence electrons. The van der Waals surface area contributed by atoms with Crippen LogP contribution >= 0.6 is 11.6 Å². The molecule has 1 aromatic heterocycles. The Kier molecular flexibility index (Phi) is 5.08. The maximum absolute atomic E-state index is 12.1. The molecule has 1 aromatic carbocycles. The lowest BCUT2D eigenvalue weighted by atomic mass is 10.0. The maximum atomic E-state index is 12.1. The van der Waals surface area contributed by atoms with Gasteiger partial charge in [-0.3, -0.25) is 9.59 Å². The van der Waals surface area contributed by atoms with Gasteiger partial charge in [0.1, 0.15) is 5.58 Å². The van der Waals surface area contributed by atoms with Gasteiger partial charge >= 0.3 is 5.97 Å². The van der Waals surface area contributed by atoms with E-state index in [4.69, 9.17) is 20.8 Å². The molecule has 2 aromatic rings. The molecule has 1 amide bonds. The van der Waals surface area contributed by atoms with E-state index in [-0.39, 0.29) is 29.2 Å². The van der Waals surface area contributed by atoms with Crippen LogP contribution in [0, 0.1) is 5.92 Å². The molecule has 0 radical (unpaired) electrons. The monoisotopic (exact) mass is 363 g/mol. The van der Waals surface area contributed by atoms with Crippen LogP contribution in [0.25, 0.3) is 11.0 Å². The number of hydrogen-bond acceptors (Lipinski definition) is 5. The number of esters is 1. The van der Waals surface area contributed by atoms with E-state index < -0.39 is 11.4 Å². The first-order valence-corrected chi connectivity index (χ1v) is 8.50. The summed E-state index contributed by atoms with van der Waals surface area (Å²) in [6.45, 7) is 3.06. The molecular formula is C18H18ClNO5. The van der Waals surface area contributed by atoms with Crippen molar-refractivity contribution in [1.82, 2.24) is 4.90 Å². The summed E-state index contributed by atoms with van der Waals surface area (Å²) < 4.78 is 10.4. The van der Waals surface area contributed by atoms with Crippen molar-refractivity contribution in [3.63, 3.8) is 0 Å². The van der Waals surface area contributed by atoms with E-state index in [9.17, 15) is 14.4 Å². The van der Waals surface area contributed by atoms with Gasteiger partial charge in [0, 0.05) is 24.2 Å². The number of halogens is 1. The molecule has 6 nitrogen and oxygen atoms in total. The quantitative estimate of drug-likeness (QED) is 0.784. The smallest absolute Gasteiger partial charge is 0.374 e. The van der Waals surface area contributed by atoms with Crippen LogP contribution < -0.4 is 5.43 Å². The summed E-state index contributed by atoms with van der Waals surface area (Å²) in [5, 5.41) is 0.680. The van der Waals surface area contributed by atoms with E-state index >= 15 is 0 Å². The van der Waals surface area contributed by atoms with Gasteiger partial charge < -0.3 is 14.1 Å². The topological polar surface area (TPSA) is 76.8 Å². The highest BCUT2D eigenvalue weighted by atomic mass is 35.5. The normalized spacial score (nSPS) is 17.5. The van der Waals surface area contributed by atoms with Crippen molar-refractivity contribution < 1.29 is 18.7 Å². The van der Waals surface area contributed by atoms with Gasteiger partial charge in [0.15, 0.2) is 12.0 Å². The molecule has 0 aliphatic carbocycles. The second-order valence-corrected chi connectivity index (χ2v) is 6.72. The zero-order chi connectivity index (χ0) is 18.0. The summed E-state index contributed by atoms with van der Waals surface area (Å²) in [5.74, 6) is -0.874. The Balaban J connectivity index is 1.69. The number of carbonyl (C=O) groups is 2. The Morgan fingerprint density at radius 1 is 1.36 bits per heavy atom. The van der Waals surface area contributed by atoms with Crippen LogP contribution in [0.3, 0.4) is 0 Å². The summed E-state index contributed by atoms with van der Waals surface area (Å²) in [5.41, 5.74) is -0.160. The number of likely N-dealkylation sites (tertiary alicyclic amines) is 1. The summed E-state index contributed by atoms with van der Waals surface area (Å²) in [7, 11) is 0. The number of hydrogen-bond donors (Lipinski definition) is 0. The Hall–Kier alpha value is -2.34. The predicted molar refractivity (Wildman–Crippen MR) is 92.8 cm³/mol. The highest BCUT2D eigenvalue weighted by Crippen LogP contribution is 2.18. The first kappa shape index (κ1) is 17.5. The minimum absolute atomic E-state index is 0.236. The average molecular weight is 364 g/mol. The number of ether oxygens (including phenoxy) is 1. The Bertz CT molecular complexity index is 875. The molecule has 25 heavy (non-hydrogen) atoms. The largest absolute Gasteiger partial charge is 0.450 e. The minimum Gasteiger partial charge on any atom is -0.450 e. The lowest BCUT2D eigenvalue weighted by molar-refractivity contribution is -0.136. The number of rotatable bonds is 3.